The predicted octanol–water partition coefficient (Wildman–Crippen LogP) is 1.69. The van der Waals surface area contributed by atoms with E-state index in [0.29, 0.717) is 17.1 Å². The molecule has 19 heavy (non-hydrogen) atoms. The van der Waals surface area contributed by atoms with E-state index >= 15 is 0 Å². The molecule has 2 aromatic rings. The molecule has 0 amide bonds. The van der Waals surface area contributed by atoms with Gasteiger partial charge >= 0.3 is 6.55 Å². The average molecular weight is 269 g/mol. The zero-order chi connectivity index (χ0) is 13.7. The Hall–Kier alpha value is -1.80. The molecule has 0 atom stereocenters. The van der Waals surface area contributed by atoms with Gasteiger partial charge in [0.05, 0.1) is 24.5 Å². The van der Waals surface area contributed by atoms with E-state index in [0.717, 1.165) is 15.3 Å². The maximum Gasteiger partial charge on any atom is 0.320 e. The number of rotatable bonds is 2. The highest BCUT2D eigenvalue weighted by Crippen LogP contribution is 2.31. The van der Waals surface area contributed by atoms with E-state index in [-0.39, 0.29) is 18.9 Å². The fourth-order valence-electron chi connectivity index (χ4n) is 2.27. The molecular formula is C11H13F2N5O. The molecule has 0 saturated carbocycles. The summed E-state index contributed by atoms with van der Waals surface area (Å²) in [6.45, 7) is -0.651. The minimum atomic E-state index is -2.71. The molecule has 0 bridgehead atoms. The Bertz CT molecular complexity index is 614. The number of nitrogens with zero attached hydrogens (tertiary/aromatic N) is 5. The molecule has 0 fully saturated rings. The Morgan fingerprint density at radius 1 is 1.37 bits per heavy atom. The van der Waals surface area contributed by atoms with Gasteiger partial charge in [-0.05, 0) is 13.0 Å². The number of imidazole rings is 1. The quantitative estimate of drug-likeness (QED) is 0.901. The first-order chi connectivity index (χ1) is 8.97. The van der Waals surface area contributed by atoms with Crippen LogP contribution < -0.4 is 0 Å². The summed E-state index contributed by atoms with van der Waals surface area (Å²) in [4.78, 5) is 4.19. The number of aromatic nitrogens is 4. The number of hydroxylamine groups is 2. The van der Waals surface area contributed by atoms with Crippen molar-refractivity contribution in [1.29, 1.82) is 0 Å². The van der Waals surface area contributed by atoms with E-state index in [1.807, 2.05) is 6.92 Å². The third-order valence-electron chi connectivity index (χ3n) is 3.30. The van der Waals surface area contributed by atoms with E-state index in [1.54, 1.807) is 17.8 Å². The predicted molar refractivity (Wildman–Crippen MR) is 61.5 cm³/mol. The topological polar surface area (TPSA) is 59.1 Å². The average Bonchev–Trinajstić information content (AvgIpc) is 2.91. The molecule has 0 aliphatic carbocycles. The molecule has 2 aromatic heterocycles. The van der Waals surface area contributed by atoms with Crippen LogP contribution in [0.25, 0.3) is 11.5 Å². The zero-order valence-corrected chi connectivity index (χ0v) is 10.5. The van der Waals surface area contributed by atoms with Gasteiger partial charge < -0.3 is 5.21 Å². The lowest BCUT2D eigenvalue weighted by atomic mass is 10.3. The van der Waals surface area contributed by atoms with E-state index in [4.69, 9.17) is 0 Å². The normalized spacial score (nSPS) is 15.5. The van der Waals surface area contributed by atoms with E-state index in [1.165, 1.54) is 0 Å². The summed E-state index contributed by atoms with van der Waals surface area (Å²) >= 11 is 0. The highest BCUT2D eigenvalue weighted by molar-refractivity contribution is 5.53. The summed E-state index contributed by atoms with van der Waals surface area (Å²) in [5.74, 6) is 0.150. The monoisotopic (exact) mass is 269 g/mol. The van der Waals surface area contributed by atoms with Crippen molar-refractivity contribution in [3.63, 3.8) is 0 Å². The molecule has 0 spiro atoms. The third kappa shape index (κ3) is 1.83. The molecule has 0 saturated heterocycles. The molecule has 1 aliphatic rings. The second kappa shape index (κ2) is 4.10. The number of alkyl halides is 2. The molecule has 3 heterocycles. The number of hydrogen-bond acceptors (Lipinski definition) is 4. The van der Waals surface area contributed by atoms with Crippen LogP contribution in [0, 0.1) is 6.92 Å². The summed E-state index contributed by atoms with van der Waals surface area (Å²) < 4.78 is 28.9. The van der Waals surface area contributed by atoms with E-state index < -0.39 is 6.55 Å². The molecule has 0 aromatic carbocycles. The van der Waals surface area contributed by atoms with Crippen LogP contribution in [-0.4, -0.2) is 29.6 Å². The summed E-state index contributed by atoms with van der Waals surface area (Å²) in [7, 11) is 1.75. The maximum atomic E-state index is 13.2. The molecule has 1 aliphatic heterocycles. The Morgan fingerprint density at radius 2 is 2.11 bits per heavy atom. The van der Waals surface area contributed by atoms with Crippen LogP contribution in [0.2, 0.25) is 0 Å². The molecule has 6 nitrogen and oxygen atoms in total. The van der Waals surface area contributed by atoms with Crippen LogP contribution in [-0.2, 0) is 20.1 Å². The number of halogens is 2. The molecule has 8 heteroatoms. The summed E-state index contributed by atoms with van der Waals surface area (Å²) in [5.41, 5.74) is 2.10. The highest BCUT2D eigenvalue weighted by atomic mass is 19.3. The third-order valence-corrected chi connectivity index (χ3v) is 3.30. The summed E-state index contributed by atoms with van der Waals surface area (Å²) in [6.07, 6.45) is 0. The maximum absolute atomic E-state index is 13.2. The van der Waals surface area contributed by atoms with Crippen molar-refractivity contribution in [2.75, 3.05) is 0 Å². The van der Waals surface area contributed by atoms with Crippen LogP contribution in [0.15, 0.2) is 6.07 Å². The SMILES string of the molecule is Cc1cc(-c2nc3c(n2C(F)F)CN(O)C3)nn1C. The van der Waals surface area contributed by atoms with Gasteiger partial charge in [0.15, 0.2) is 5.82 Å². The van der Waals surface area contributed by atoms with Crippen LogP contribution in [0.1, 0.15) is 23.6 Å². The Kier molecular flexibility index (Phi) is 2.64. The second-order valence-corrected chi connectivity index (χ2v) is 4.59. The van der Waals surface area contributed by atoms with Crippen molar-refractivity contribution in [1.82, 2.24) is 24.4 Å². The van der Waals surface area contributed by atoms with Gasteiger partial charge in [-0.2, -0.15) is 18.9 Å². The highest BCUT2D eigenvalue weighted by Gasteiger charge is 2.30. The van der Waals surface area contributed by atoms with Gasteiger partial charge in [0.25, 0.3) is 0 Å². The number of hydrogen-bond donors (Lipinski definition) is 1. The first kappa shape index (κ1) is 12.2. The van der Waals surface area contributed by atoms with Crippen molar-refractivity contribution in [3.8, 4) is 11.5 Å². The Morgan fingerprint density at radius 3 is 2.68 bits per heavy atom. The van der Waals surface area contributed by atoms with Crippen molar-refractivity contribution in [2.45, 2.75) is 26.6 Å². The Balaban J connectivity index is 2.15. The first-order valence-corrected chi connectivity index (χ1v) is 5.80. The zero-order valence-electron chi connectivity index (χ0n) is 10.5. The minimum absolute atomic E-state index is 0.0541. The number of fused-ring (bicyclic) bond motifs is 1. The molecule has 0 radical (unpaired) electrons. The van der Waals surface area contributed by atoms with Gasteiger partial charge in [-0.25, -0.2) is 4.98 Å². The van der Waals surface area contributed by atoms with Crippen LogP contribution in [0.4, 0.5) is 8.78 Å². The van der Waals surface area contributed by atoms with Gasteiger partial charge in [0, 0.05) is 12.7 Å². The molecule has 1 N–H and O–H groups in total. The van der Waals surface area contributed by atoms with Gasteiger partial charge in [-0.1, -0.05) is 0 Å². The largest absolute Gasteiger partial charge is 0.320 e. The lowest BCUT2D eigenvalue weighted by Crippen LogP contribution is -2.13. The van der Waals surface area contributed by atoms with Crippen molar-refractivity contribution in [3.05, 3.63) is 23.1 Å². The van der Waals surface area contributed by atoms with Gasteiger partial charge in [-0.3, -0.25) is 9.25 Å². The van der Waals surface area contributed by atoms with Crippen LogP contribution in [0.3, 0.4) is 0 Å². The van der Waals surface area contributed by atoms with E-state index in [2.05, 4.69) is 10.1 Å². The van der Waals surface area contributed by atoms with Gasteiger partial charge in [0.2, 0.25) is 0 Å². The molecular weight excluding hydrogens is 256 g/mol. The summed E-state index contributed by atoms with van der Waals surface area (Å²) in [6, 6.07) is 1.72. The van der Waals surface area contributed by atoms with Gasteiger partial charge in [0.1, 0.15) is 5.69 Å². The fraction of sp³-hybridized carbons (Fsp3) is 0.455. The summed E-state index contributed by atoms with van der Waals surface area (Å²) in [5, 5.41) is 14.5. The van der Waals surface area contributed by atoms with Crippen molar-refractivity contribution < 1.29 is 14.0 Å². The van der Waals surface area contributed by atoms with E-state index in [9.17, 15) is 14.0 Å². The van der Waals surface area contributed by atoms with Crippen LogP contribution in [0.5, 0.6) is 0 Å². The van der Waals surface area contributed by atoms with Crippen molar-refractivity contribution in [2.24, 2.45) is 7.05 Å². The van der Waals surface area contributed by atoms with Crippen molar-refractivity contribution >= 4 is 0 Å². The number of aryl methyl sites for hydroxylation is 2. The molecule has 3 rings (SSSR count). The standard InChI is InChI=1S/C11H13F2N5O/c1-6-3-7(15-16(6)2)10-14-8-4-17(19)5-9(8)18(10)11(12)13/h3,11,19H,4-5H2,1-2H3. The molecule has 102 valence electrons. The van der Waals surface area contributed by atoms with Gasteiger partial charge in [-0.15, -0.1) is 0 Å². The molecule has 0 unspecified atom stereocenters. The smallest absolute Gasteiger partial charge is 0.313 e. The second-order valence-electron chi connectivity index (χ2n) is 4.59. The Labute approximate surface area is 107 Å². The minimum Gasteiger partial charge on any atom is -0.313 e. The lowest BCUT2D eigenvalue weighted by molar-refractivity contribution is -0.0995. The fourth-order valence-corrected chi connectivity index (χ4v) is 2.27. The first-order valence-electron chi connectivity index (χ1n) is 5.80. The lowest BCUT2D eigenvalue weighted by Gasteiger charge is -2.10. The van der Waals surface area contributed by atoms with Crippen LogP contribution >= 0.6 is 0 Å².